The Balaban J connectivity index is 1.95. The van der Waals surface area contributed by atoms with E-state index < -0.39 is 24.0 Å². The van der Waals surface area contributed by atoms with Gasteiger partial charge in [0.25, 0.3) is 0 Å². The summed E-state index contributed by atoms with van der Waals surface area (Å²) in [5.74, 6) is -1.29. The monoisotopic (exact) mass is 448 g/mol. The molecule has 0 bridgehead atoms. The van der Waals surface area contributed by atoms with E-state index in [1.807, 2.05) is 12.1 Å². The van der Waals surface area contributed by atoms with Crippen molar-refractivity contribution in [2.45, 2.75) is 25.9 Å². The average Bonchev–Trinajstić information content (AvgIpc) is 2.82. The summed E-state index contributed by atoms with van der Waals surface area (Å²) in [6.45, 7) is 3.46. The predicted octanol–water partition coefficient (Wildman–Crippen LogP) is 3.62. The highest BCUT2D eigenvalue weighted by Crippen LogP contribution is 2.40. The van der Waals surface area contributed by atoms with Crippen molar-refractivity contribution in [1.82, 2.24) is 0 Å². The van der Waals surface area contributed by atoms with Gasteiger partial charge in [-0.25, -0.2) is 9.59 Å². The number of hydrogen-bond donors (Lipinski definition) is 1. The SMILES string of the molecule is CCOC(=O)C1=C(C)OC(N)=C(C#N)C1c1ccc(OC(C(=O)OC)c2ccccc2)cc1. The number of nitrogens with two attached hydrogens (primary N) is 1. The molecule has 2 unspecified atom stereocenters. The van der Waals surface area contributed by atoms with Gasteiger partial charge in [-0.2, -0.15) is 5.26 Å². The van der Waals surface area contributed by atoms with E-state index >= 15 is 0 Å². The number of methoxy groups -OCH3 is 1. The van der Waals surface area contributed by atoms with E-state index in [0.717, 1.165) is 0 Å². The van der Waals surface area contributed by atoms with Crippen LogP contribution in [0.2, 0.25) is 0 Å². The fourth-order valence-corrected chi connectivity index (χ4v) is 3.55. The molecule has 2 aromatic carbocycles. The molecule has 1 heterocycles. The minimum atomic E-state index is -0.951. The van der Waals surface area contributed by atoms with Crippen molar-refractivity contribution in [2.75, 3.05) is 13.7 Å². The van der Waals surface area contributed by atoms with Crippen LogP contribution in [0.4, 0.5) is 0 Å². The smallest absolute Gasteiger partial charge is 0.351 e. The van der Waals surface area contributed by atoms with Crippen LogP contribution in [0, 0.1) is 11.3 Å². The quantitative estimate of drug-likeness (QED) is 0.638. The Bertz CT molecular complexity index is 1130. The second kappa shape index (κ2) is 10.4. The van der Waals surface area contributed by atoms with Gasteiger partial charge in [0.05, 0.1) is 25.2 Å². The fraction of sp³-hybridized carbons (Fsp3) is 0.240. The number of benzene rings is 2. The van der Waals surface area contributed by atoms with Gasteiger partial charge in [-0.05, 0) is 31.5 Å². The molecule has 0 aliphatic carbocycles. The van der Waals surface area contributed by atoms with Gasteiger partial charge < -0.3 is 24.7 Å². The molecule has 2 aromatic rings. The van der Waals surface area contributed by atoms with Crippen LogP contribution in [0.1, 0.15) is 37.0 Å². The van der Waals surface area contributed by atoms with E-state index in [4.69, 9.17) is 24.7 Å². The van der Waals surface area contributed by atoms with Crippen LogP contribution in [-0.2, 0) is 23.8 Å². The molecule has 3 rings (SSSR count). The molecule has 8 nitrogen and oxygen atoms in total. The Morgan fingerprint density at radius 1 is 1.15 bits per heavy atom. The van der Waals surface area contributed by atoms with E-state index in [9.17, 15) is 14.9 Å². The number of nitriles is 1. The van der Waals surface area contributed by atoms with Crippen molar-refractivity contribution in [3.63, 3.8) is 0 Å². The maximum absolute atomic E-state index is 12.6. The first-order chi connectivity index (χ1) is 15.9. The molecular formula is C25H24N2O6. The predicted molar refractivity (Wildman–Crippen MR) is 118 cm³/mol. The third-order valence-corrected chi connectivity index (χ3v) is 5.09. The van der Waals surface area contributed by atoms with Crippen LogP contribution in [0.25, 0.3) is 0 Å². The third kappa shape index (κ3) is 4.99. The van der Waals surface area contributed by atoms with E-state index in [1.54, 1.807) is 62.4 Å². The molecule has 1 aliphatic rings. The van der Waals surface area contributed by atoms with Crippen LogP contribution in [0.15, 0.2) is 77.4 Å². The molecule has 33 heavy (non-hydrogen) atoms. The number of allylic oxidation sites excluding steroid dienone is 2. The molecule has 8 heteroatoms. The second-order valence-corrected chi connectivity index (χ2v) is 7.12. The largest absolute Gasteiger partial charge is 0.474 e. The molecular weight excluding hydrogens is 424 g/mol. The van der Waals surface area contributed by atoms with Crippen molar-refractivity contribution in [3.05, 3.63) is 88.5 Å². The van der Waals surface area contributed by atoms with Gasteiger partial charge in [0.2, 0.25) is 12.0 Å². The Labute approximate surface area is 191 Å². The van der Waals surface area contributed by atoms with Crippen LogP contribution >= 0.6 is 0 Å². The molecule has 0 aromatic heterocycles. The molecule has 2 atom stereocenters. The summed E-state index contributed by atoms with van der Waals surface area (Å²) < 4.78 is 21.4. The summed E-state index contributed by atoms with van der Waals surface area (Å²) >= 11 is 0. The van der Waals surface area contributed by atoms with Gasteiger partial charge in [0, 0.05) is 5.56 Å². The van der Waals surface area contributed by atoms with Crippen LogP contribution in [0.3, 0.4) is 0 Å². The van der Waals surface area contributed by atoms with Gasteiger partial charge >= 0.3 is 11.9 Å². The number of esters is 2. The lowest BCUT2D eigenvalue weighted by Gasteiger charge is -2.27. The maximum atomic E-state index is 12.6. The van der Waals surface area contributed by atoms with Crippen LogP contribution < -0.4 is 10.5 Å². The molecule has 1 aliphatic heterocycles. The Morgan fingerprint density at radius 3 is 2.39 bits per heavy atom. The van der Waals surface area contributed by atoms with Gasteiger partial charge in [0.15, 0.2) is 0 Å². The number of rotatable bonds is 7. The summed E-state index contributed by atoms with van der Waals surface area (Å²) in [6.07, 6.45) is -0.951. The average molecular weight is 448 g/mol. The summed E-state index contributed by atoms with van der Waals surface area (Å²) in [5.41, 5.74) is 7.49. The molecule has 0 saturated carbocycles. The van der Waals surface area contributed by atoms with Gasteiger partial charge in [0.1, 0.15) is 23.2 Å². The van der Waals surface area contributed by atoms with Crippen molar-refractivity contribution in [2.24, 2.45) is 5.73 Å². The van der Waals surface area contributed by atoms with Gasteiger partial charge in [-0.15, -0.1) is 0 Å². The molecule has 170 valence electrons. The Morgan fingerprint density at radius 2 is 1.82 bits per heavy atom. The Hall–Kier alpha value is -4.25. The first-order valence-corrected chi connectivity index (χ1v) is 10.3. The topological polar surface area (TPSA) is 121 Å². The van der Waals surface area contributed by atoms with Crippen molar-refractivity contribution in [3.8, 4) is 11.8 Å². The summed E-state index contributed by atoms with van der Waals surface area (Å²) in [4.78, 5) is 24.9. The van der Waals surface area contributed by atoms with Gasteiger partial charge in [-0.1, -0.05) is 42.5 Å². The van der Waals surface area contributed by atoms with Crippen LogP contribution in [0.5, 0.6) is 5.75 Å². The fourth-order valence-electron chi connectivity index (χ4n) is 3.55. The number of hydrogen-bond acceptors (Lipinski definition) is 8. The van der Waals surface area contributed by atoms with Crippen LogP contribution in [-0.4, -0.2) is 25.7 Å². The number of nitrogens with zero attached hydrogens (tertiary/aromatic N) is 1. The van der Waals surface area contributed by atoms with Crippen molar-refractivity contribution in [1.29, 1.82) is 5.26 Å². The number of ether oxygens (including phenoxy) is 4. The summed E-state index contributed by atoms with van der Waals surface area (Å²) in [7, 11) is 1.29. The minimum Gasteiger partial charge on any atom is -0.474 e. The van der Waals surface area contributed by atoms with E-state index in [-0.39, 0.29) is 29.4 Å². The van der Waals surface area contributed by atoms with Crippen molar-refractivity contribution < 1.29 is 28.5 Å². The molecule has 0 amide bonds. The zero-order valence-electron chi connectivity index (χ0n) is 18.5. The Kier molecular flexibility index (Phi) is 7.36. The zero-order chi connectivity index (χ0) is 24.0. The molecule has 2 N–H and O–H groups in total. The van der Waals surface area contributed by atoms with E-state index in [1.165, 1.54) is 7.11 Å². The highest BCUT2D eigenvalue weighted by molar-refractivity contribution is 5.92. The summed E-state index contributed by atoms with van der Waals surface area (Å²) in [5, 5.41) is 9.68. The molecule has 0 saturated heterocycles. The minimum absolute atomic E-state index is 0.0665. The molecule has 0 spiro atoms. The first kappa shape index (κ1) is 23.4. The summed E-state index contributed by atoms with van der Waals surface area (Å²) in [6, 6.07) is 17.7. The van der Waals surface area contributed by atoms with E-state index in [2.05, 4.69) is 0 Å². The molecule has 0 radical (unpaired) electrons. The maximum Gasteiger partial charge on any atom is 0.351 e. The standard InChI is InChI=1S/C25H24N2O6/c1-4-31-24(28)20-15(2)32-23(27)19(14-26)21(20)16-10-12-18(13-11-16)33-22(25(29)30-3)17-8-6-5-7-9-17/h5-13,21-22H,4,27H2,1-3H3. The zero-order valence-corrected chi connectivity index (χ0v) is 18.5. The van der Waals surface area contributed by atoms with E-state index in [0.29, 0.717) is 16.9 Å². The lowest BCUT2D eigenvalue weighted by atomic mass is 9.83. The first-order valence-electron chi connectivity index (χ1n) is 10.3. The molecule has 0 fully saturated rings. The number of carbonyl (C=O) groups excluding carboxylic acids is 2. The highest BCUT2D eigenvalue weighted by atomic mass is 16.6. The third-order valence-electron chi connectivity index (χ3n) is 5.09. The van der Waals surface area contributed by atoms with Crippen molar-refractivity contribution >= 4 is 11.9 Å². The lowest BCUT2D eigenvalue weighted by Crippen LogP contribution is -2.25. The second-order valence-electron chi connectivity index (χ2n) is 7.12. The van der Waals surface area contributed by atoms with Gasteiger partial charge in [-0.3, -0.25) is 0 Å². The number of carbonyl (C=O) groups is 2. The normalized spacial score (nSPS) is 16.4. The lowest BCUT2D eigenvalue weighted by molar-refractivity contribution is -0.149. The highest BCUT2D eigenvalue weighted by Gasteiger charge is 2.36.